The largest absolute Gasteiger partial charge is 0.490 e. The van der Waals surface area contributed by atoms with Crippen molar-refractivity contribution < 1.29 is 19.2 Å². The van der Waals surface area contributed by atoms with Crippen LogP contribution in [0.4, 0.5) is 0 Å². The van der Waals surface area contributed by atoms with Crippen LogP contribution in [0.2, 0.25) is 0 Å². The molecule has 112 valence electrons. The molecule has 0 saturated carbocycles. The fraction of sp³-hybridized carbons (Fsp3) is 0.333. The van der Waals surface area contributed by atoms with E-state index in [1.165, 1.54) is 11.2 Å². The molecule has 0 aliphatic carbocycles. The summed E-state index contributed by atoms with van der Waals surface area (Å²) in [6, 6.07) is 9.11. The van der Waals surface area contributed by atoms with E-state index in [1.807, 2.05) is 25.1 Å². The summed E-state index contributed by atoms with van der Waals surface area (Å²) in [6.45, 7) is 2.09. The lowest BCUT2D eigenvalue weighted by Gasteiger charge is -2.20. The highest BCUT2D eigenvalue weighted by Gasteiger charge is 2.21. The first-order valence-electron chi connectivity index (χ1n) is 6.58. The monoisotopic (exact) mass is 290 g/mol. The summed E-state index contributed by atoms with van der Waals surface area (Å²) in [5.41, 5.74) is 1.57. The molecule has 1 unspecified atom stereocenters. The molecule has 1 heterocycles. The number of nitrogens with zero attached hydrogens (tertiary/aromatic N) is 2. The average Bonchev–Trinajstić information content (AvgIpc) is 2.98. The second-order valence-electron chi connectivity index (χ2n) is 4.78. The fourth-order valence-corrected chi connectivity index (χ4v) is 1.85. The van der Waals surface area contributed by atoms with Gasteiger partial charge in [-0.3, -0.25) is 4.79 Å². The summed E-state index contributed by atoms with van der Waals surface area (Å²) in [5, 5.41) is 13.6. The molecule has 21 heavy (non-hydrogen) atoms. The van der Waals surface area contributed by atoms with Gasteiger partial charge in [-0.05, 0) is 18.6 Å². The summed E-state index contributed by atoms with van der Waals surface area (Å²) >= 11 is 0. The number of rotatable bonds is 6. The van der Waals surface area contributed by atoms with Gasteiger partial charge in [0.1, 0.15) is 24.3 Å². The zero-order chi connectivity index (χ0) is 15.2. The van der Waals surface area contributed by atoms with Gasteiger partial charge >= 0.3 is 0 Å². The van der Waals surface area contributed by atoms with E-state index in [0.29, 0.717) is 11.4 Å². The Morgan fingerprint density at radius 2 is 2.19 bits per heavy atom. The molecule has 0 aliphatic rings. The van der Waals surface area contributed by atoms with Crippen LogP contribution < -0.4 is 4.74 Å². The number of aliphatic hydroxyl groups excluding tert-OH is 1. The minimum atomic E-state index is -1.22. The zero-order valence-electron chi connectivity index (χ0n) is 12.0. The Kier molecular flexibility index (Phi) is 4.94. The van der Waals surface area contributed by atoms with Gasteiger partial charge < -0.3 is 19.3 Å². The van der Waals surface area contributed by atoms with E-state index in [0.717, 1.165) is 5.56 Å². The van der Waals surface area contributed by atoms with Crippen molar-refractivity contribution in [3.63, 3.8) is 0 Å². The second-order valence-corrected chi connectivity index (χ2v) is 4.78. The van der Waals surface area contributed by atoms with E-state index in [4.69, 9.17) is 9.26 Å². The number of aryl methyl sites for hydroxylation is 1. The zero-order valence-corrected chi connectivity index (χ0v) is 12.0. The van der Waals surface area contributed by atoms with Crippen LogP contribution in [-0.4, -0.2) is 40.8 Å². The van der Waals surface area contributed by atoms with Crippen LogP contribution in [0.25, 0.3) is 0 Å². The van der Waals surface area contributed by atoms with E-state index in [9.17, 15) is 9.90 Å². The number of carbonyl (C=O) groups is 1. The molecule has 6 heteroatoms. The number of aliphatic hydroxyl groups is 1. The molecule has 0 spiro atoms. The normalized spacial score (nSPS) is 12.0. The number of para-hydroxylation sites is 1. The number of hydrogen-bond donors (Lipinski definition) is 1. The molecular weight excluding hydrogens is 272 g/mol. The number of carbonyl (C=O) groups excluding carboxylic acids is 1. The van der Waals surface area contributed by atoms with Crippen LogP contribution in [0.15, 0.2) is 41.1 Å². The molecular formula is C15H18N2O4. The van der Waals surface area contributed by atoms with Gasteiger partial charge in [0.25, 0.3) is 5.91 Å². The van der Waals surface area contributed by atoms with Crippen LogP contribution in [0, 0.1) is 6.92 Å². The van der Waals surface area contributed by atoms with Gasteiger partial charge in [0.15, 0.2) is 6.10 Å². The van der Waals surface area contributed by atoms with E-state index in [-0.39, 0.29) is 13.2 Å². The third kappa shape index (κ3) is 4.06. The van der Waals surface area contributed by atoms with Crippen LogP contribution in [0.3, 0.4) is 0 Å². The topological polar surface area (TPSA) is 75.8 Å². The van der Waals surface area contributed by atoms with Crippen LogP contribution in [0.1, 0.15) is 11.3 Å². The Bertz CT molecular complexity index is 583. The predicted octanol–water partition coefficient (Wildman–Crippen LogP) is 1.38. The molecule has 0 radical (unpaired) electrons. The molecule has 1 aromatic carbocycles. The third-order valence-corrected chi connectivity index (χ3v) is 3.04. The number of aromatic nitrogens is 1. The number of ether oxygens (including phenoxy) is 1. The quantitative estimate of drug-likeness (QED) is 0.870. The maximum atomic E-state index is 12.0. The van der Waals surface area contributed by atoms with Crippen molar-refractivity contribution in [1.82, 2.24) is 10.1 Å². The van der Waals surface area contributed by atoms with Crippen molar-refractivity contribution in [2.75, 3.05) is 13.7 Å². The van der Waals surface area contributed by atoms with Crippen molar-refractivity contribution in [1.29, 1.82) is 0 Å². The Labute approximate surface area is 122 Å². The molecule has 0 aliphatic heterocycles. The Morgan fingerprint density at radius 1 is 1.43 bits per heavy atom. The van der Waals surface area contributed by atoms with Crippen LogP contribution in [0.5, 0.6) is 5.75 Å². The SMILES string of the molecule is Cc1ccccc1OCC(O)C(=O)N(C)Cc1ccon1. The van der Waals surface area contributed by atoms with E-state index < -0.39 is 12.0 Å². The van der Waals surface area contributed by atoms with E-state index in [1.54, 1.807) is 19.2 Å². The van der Waals surface area contributed by atoms with E-state index >= 15 is 0 Å². The second kappa shape index (κ2) is 6.90. The van der Waals surface area contributed by atoms with Crippen LogP contribution >= 0.6 is 0 Å². The first-order valence-corrected chi connectivity index (χ1v) is 6.58. The highest BCUT2D eigenvalue weighted by atomic mass is 16.5. The molecule has 0 fully saturated rings. The van der Waals surface area contributed by atoms with Crippen LogP contribution in [-0.2, 0) is 11.3 Å². The Hall–Kier alpha value is -2.34. The fourth-order valence-electron chi connectivity index (χ4n) is 1.85. The smallest absolute Gasteiger partial charge is 0.255 e. The van der Waals surface area contributed by atoms with Crippen molar-refractivity contribution in [3.8, 4) is 5.75 Å². The van der Waals surface area contributed by atoms with Crippen molar-refractivity contribution in [2.45, 2.75) is 19.6 Å². The maximum absolute atomic E-state index is 12.0. The molecule has 0 bridgehead atoms. The maximum Gasteiger partial charge on any atom is 0.255 e. The van der Waals surface area contributed by atoms with E-state index in [2.05, 4.69) is 5.16 Å². The first kappa shape index (κ1) is 15.1. The lowest BCUT2D eigenvalue weighted by Crippen LogP contribution is -2.39. The summed E-state index contributed by atoms with van der Waals surface area (Å²) in [6.07, 6.45) is 0.215. The summed E-state index contributed by atoms with van der Waals surface area (Å²) in [5.74, 6) is 0.232. The number of likely N-dealkylation sites (N-methyl/N-ethyl adjacent to an activating group) is 1. The van der Waals surface area contributed by atoms with Crippen molar-refractivity contribution >= 4 is 5.91 Å². The predicted molar refractivity (Wildman–Crippen MR) is 75.7 cm³/mol. The Morgan fingerprint density at radius 3 is 2.86 bits per heavy atom. The standard InChI is InChI=1S/C15H18N2O4/c1-11-5-3-4-6-14(11)20-10-13(18)15(19)17(2)9-12-7-8-21-16-12/h3-8,13,18H,9-10H2,1-2H3. The van der Waals surface area contributed by atoms with Crippen molar-refractivity contribution in [3.05, 3.63) is 47.9 Å². The van der Waals surface area contributed by atoms with Gasteiger partial charge in [-0.15, -0.1) is 0 Å². The molecule has 1 N–H and O–H groups in total. The van der Waals surface area contributed by atoms with Gasteiger partial charge in [-0.2, -0.15) is 0 Å². The lowest BCUT2D eigenvalue weighted by atomic mass is 10.2. The molecule has 2 aromatic rings. The van der Waals surface area contributed by atoms with Gasteiger partial charge in [-0.25, -0.2) is 0 Å². The van der Waals surface area contributed by atoms with Crippen molar-refractivity contribution in [2.24, 2.45) is 0 Å². The highest BCUT2D eigenvalue weighted by Crippen LogP contribution is 2.16. The lowest BCUT2D eigenvalue weighted by molar-refractivity contribution is -0.140. The summed E-state index contributed by atoms with van der Waals surface area (Å²) in [7, 11) is 1.59. The van der Waals surface area contributed by atoms with Gasteiger partial charge in [-0.1, -0.05) is 23.4 Å². The molecule has 2 rings (SSSR count). The highest BCUT2D eigenvalue weighted by molar-refractivity contribution is 5.80. The number of benzene rings is 1. The minimum Gasteiger partial charge on any atom is -0.490 e. The van der Waals surface area contributed by atoms with Gasteiger partial charge in [0.05, 0.1) is 6.54 Å². The molecule has 1 aromatic heterocycles. The summed E-state index contributed by atoms with van der Waals surface area (Å²) in [4.78, 5) is 13.4. The van der Waals surface area contributed by atoms with Gasteiger partial charge in [0, 0.05) is 13.1 Å². The molecule has 6 nitrogen and oxygen atoms in total. The Balaban J connectivity index is 1.86. The first-order chi connectivity index (χ1) is 10.1. The molecule has 1 atom stereocenters. The minimum absolute atomic E-state index is 0.0904. The summed E-state index contributed by atoms with van der Waals surface area (Å²) < 4.78 is 10.2. The molecule has 0 saturated heterocycles. The number of hydrogen-bond acceptors (Lipinski definition) is 5. The average molecular weight is 290 g/mol. The number of amides is 1. The van der Waals surface area contributed by atoms with Gasteiger partial charge in [0.2, 0.25) is 0 Å². The third-order valence-electron chi connectivity index (χ3n) is 3.04. The molecule has 1 amide bonds.